The monoisotopic (exact) mass is 324 g/mol. The molecule has 124 valence electrons. The van der Waals surface area contributed by atoms with Crippen LogP contribution in [0.25, 0.3) is 5.65 Å². The van der Waals surface area contributed by atoms with Crippen LogP contribution >= 0.6 is 0 Å². The first-order chi connectivity index (χ1) is 11.7. The topological polar surface area (TPSA) is 86.3 Å². The van der Waals surface area contributed by atoms with Crippen molar-refractivity contribution in [1.82, 2.24) is 14.6 Å². The SMILES string of the molecule is N#CCC1CCN(c2cccc3nc(NC(=O)C4CC4)nn23)CC1. The van der Waals surface area contributed by atoms with E-state index >= 15 is 0 Å². The van der Waals surface area contributed by atoms with E-state index in [4.69, 9.17) is 5.26 Å². The van der Waals surface area contributed by atoms with Gasteiger partial charge in [0.1, 0.15) is 5.82 Å². The summed E-state index contributed by atoms with van der Waals surface area (Å²) in [4.78, 5) is 18.6. The van der Waals surface area contributed by atoms with Crippen LogP contribution in [0.2, 0.25) is 0 Å². The maximum atomic E-state index is 11.9. The lowest BCUT2D eigenvalue weighted by Gasteiger charge is -2.32. The summed E-state index contributed by atoms with van der Waals surface area (Å²) in [5.41, 5.74) is 0.734. The number of nitrogens with one attached hydrogen (secondary N) is 1. The van der Waals surface area contributed by atoms with Crippen molar-refractivity contribution in [2.45, 2.75) is 32.1 Å². The van der Waals surface area contributed by atoms with Crippen molar-refractivity contribution in [3.05, 3.63) is 18.2 Å². The molecule has 0 bridgehead atoms. The Kier molecular flexibility index (Phi) is 3.81. The lowest BCUT2D eigenvalue weighted by atomic mass is 9.94. The van der Waals surface area contributed by atoms with Crippen LogP contribution in [-0.2, 0) is 4.79 Å². The van der Waals surface area contributed by atoms with E-state index in [1.54, 1.807) is 4.52 Å². The molecule has 24 heavy (non-hydrogen) atoms. The minimum atomic E-state index is 0.0183. The molecule has 1 aliphatic heterocycles. The first-order valence-corrected chi connectivity index (χ1v) is 8.53. The minimum Gasteiger partial charge on any atom is -0.356 e. The average Bonchev–Trinajstić information content (AvgIpc) is 3.36. The summed E-state index contributed by atoms with van der Waals surface area (Å²) < 4.78 is 1.80. The quantitative estimate of drug-likeness (QED) is 0.932. The Bertz CT molecular complexity index is 795. The summed E-state index contributed by atoms with van der Waals surface area (Å²) in [5.74, 6) is 2.01. The van der Waals surface area contributed by atoms with E-state index in [2.05, 4.69) is 26.4 Å². The highest BCUT2D eigenvalue weighted by Gasteiger charge is 2.30. The van der Waals surface area contributed by atoms with Crippen LogP contribution in [0.15, 0.2) is 18.2 Å². The third-order valence-electron chi connectivity index (χ3n) is 4.84. The number of amides is 1. The van der Waals surface area contributed by atoms with Gasteiger partial charge in [0, 0.05) is 25.4 Å². The number of nitrogens with zero attached hydrogens (tertiary/aromatic N) is 5. The van der Waals surface area contributed by atoms with Gasteiger partial charge in [-0.15, -0.1) is 5.10 Å². The Hall–Kier alpha value is -2.62. The van der Waals surface area contributed by atoms with Crippen molar-refractivity contribution in [1.29, 1.82) is 5.26 Å². The Morgan fingerprint density at radius 1 is 1.29 bits per heavy atom. The van der Waals surface area contributed by atoms with Gasteiger partial charge in [-0.25, -0.2) is 0 Å². The summed E-state index contributed by atoms with van der Waals surface area (Å²) in [6, 6.07) is 8.16. The summed E-state index contributed by atoms with van der Waals surface area (Å²) >= 11 is 0. The molecule has 0 aromatic carbocycles. The lowest BCUT2D eigenvalue weighted by molar-refractivity contribution is -0.117. The van der Waals surface area contributed by atoms with Gasteiger partial charge in [-0.05, 0) is 43.7 Å². The number of carbonyl (C=O) groups is 1. The Morgan fingerprint density at radius 3 is 2.79 bits per heavy atom. The zero-order valence-corrected chi connectivity index (χ0v) is 13.5. The number of hydrogen-bond acceptors (Lipinski definition) is 5. The standard InChI is InChI=1S/C17H20N6O/c18-9-6-12-7-10-22(11-8-12)15-3-1-2-14-19-17(21-23(14)15)20-16(24)13-4-5-13/h1-3,12-13H,4-8,10-11H2,(H,20,21,24). The maximum Gasteiger partial charge on any atom is 0.249 e. The first-order valence-electron chi connectivity index (χ1n) is 8.53. The highest BCUT2D eigenvalue weighted by Crippen LogP contribution is 2.30. The van der Waals surface area contributed by atoms with Crippen LogP contribution in [0.5, 0.6) is 0 Å². The molecule has 3 heterocycles. The largest absolute Gasteiger partial charge is 0.356 e. The number of hydrogen-bond donors (Lipinski definition) is 1. The lowest BCUT2D eigenvalue weighted by Crippen LogP contribution is -2.34. The number of pyridine rings is 1. The molecule has 1 N–H and O–H groups in total. The molecule has 2 aliphatic rings. The zero-order valence-electron chi connectivity index (χ0n) is 13.5. The van der Waals surface area contributed by atoms with E-state index in [0.29, 0.717) is 18.3 Å². The van der Waals surface area contributed by atoms with Gasteiger partial charge in [0.2, 0.25) is 11.9 Å². The van der Waals surface area contributed by atoms with Crippen molar-refractivity contribution in [2.24, 2.45) is 11.8 Å². The molecule has 4 rings (SSSR count). The number of fused-ring (bicyclic) bond motifs is 1. The van der Waals surface area contributed by atoms with Gasteiger partial charge in [-0.3, -0.25) is 10.1 Å². The summed E-state index contributed by atoms with van der Waals surface area (Å²) in [6.45, 7) is 1.82. The highest BCUT2D eigenvalue weighted by molar-refractivity contribution is 5.92. The Balaban J connectivity index is 1.54. The second kappa shape index (κ2) is 6.11. The molecule has 2 aromatic heterocycles. The van der Waals surface area contributed by atoms with Crippen molar-refractivity contribution >= 4 is 23.3 Å². The van der Waals surface area contributed by atoms with E-state index in [9.17, 15) is 4.79 Å². The third kappa shape index (κ3) is 2.92. The molecule has 2 aromatic rings. The molecule has 1 saturated carbocycles. The predicted octanol–water partition coefficient (Wildman–Crippen LogP) is 2.21. The van der Waals surface area contributed by atoms with E-state index in [0.717, 1.165) is 50.2 Å². The van der Waals surface area contributed by atoms with Crippen LogP contribution < -0.4 is 10.2 Å². The predicted molar refractivity (Wildman–Crippen MR) is 89.5 cm³/mol. The fourth-order valence-corrected chi connectivity index (χ4v) is 3.24. The van der Waals surface area contributed by atoms with E-state index in [1.807, 2.05) is 18.2 Å². The zero-order chi connectivity index (χ0) is 16.5. The molecule has 2 fully saturated rings. The molecule has 1 saturated heterocycles. The van der Waals surface area contributed by atoms with Crippen LogP contribution in [0.1, 0.15) is 32.1 Å². The second-order valence-corrected chi connectivity index (χ2v) is 6.65. The molecule has 1 amide bonds. The molecule has 7 nitrogen and oxygen atoms in total. The van der Waals surface area contributed by atoms with Gasteiger partial charge in [0.25, 0.3) is 0 Å². The summed E-state index contributed by atoms with van der Waals surface area (Å²) in [5, 5.41) is 16.1. The van der Waals surface area contributed by atoms with E-state index in [-0.39, 0.29) is 11.8 Å². The number of aromatic nitrogens is 3. The van der Waals surface area contributed by atoms with Crippen LogP contribution in [0, 0.1) is 23.2 Å². The Labute approximate surface area is 140 Å². The van der Waals surface area contributed by atoms with Crippen molar-refractivity contribution < 1.29 is 4.79 Å². The number of carbonyl (C=O) groups excluding carboxylic acids is 1. The van der Waals surface area contributed by atoms with Gasteiger partial charge in [-0.2, -0.15) is 14.8 Å². The summed E-state index contributed by atoms with van der Waals surface area (Å²) in [7, 11) is 0. The molecular formula is C17H20N6O. The fourth-order valence-electron chi connectivity index (χ4n) is 3.24. The molecule has 7 heteroatoms. The molecular weight excluding hydrogens is 304 g/mol. The van der Waals surface area contributed by atoms with Crippen LogP contribution in [-0.4, -0.2) is 33.6 Å². The second-order valence-electron chi connectivity index (χ2n) is 6.65. The van der Waals surface area contributed by atoms with Gasteiger partial charge >= 0.3 is 0 Å². The maximum absolute atomic E-state index is 11.9. The van der Waals surface area contributed by atoms with Gasteiger partial charge in [0.15, 0.2) is 5.65 Å². The number of piperidine rings is 1. The fraction of sp³-hybridized carbons (Fsp3) is 0.529. The third-order valence-corrected chi connectivity index (χ3v) is 4.84. The minimum absolute atomic E-state index is 0.0183. The van der Waals surface area contributed by atoms with Crippen molar-refractivity contribution in [3.8, 4) is 6.07 Å². The normalized spacial score (nSPS) is 18.5. The molecule has 0 unspecified atom stereocenters. The highest BCUT2D eigenvalue weighted by atomic mass is 16.2. The van der Waals surface area contributed by atoms with Gasteiger partial charge in [0.05, 0.1) is 6.07 Å². The number of anilines is 2. The van der Waals surface area contributed by atoms with Crippen LogP contribution in [0.3, 0.4) is 0 Å². The molecule has 0 spiro atoms. The smallest absolute Gasteiger partial charge is 0.249 e. The summed E-state index contributed by atoms with van der Waals surface area (Å²) in [6.07, 6.45) is 4.59. The Morgan fingerprint density at radius 2 is 2.08 bits per heavy atom. The number of rotatable bonds is 4. The van der Waals surface area contributed by atoms with Gasteiger partial charge in [-0.1, -0.05) is 6.07 Å². The van der Waals surface area contributed by atoms with Gasteiger partial charge < -0.3 is 4.90 Å². The van der Waals surface area contributed by atoms with Crippen molar-refractivity contribution in [3.63, 3.8) is 0 Å². The van der Waals surface area contributed by atoms with Crippen molar-refractivity contribution in [2.75, 3.05) is 23.3 Å². The first kappa shape index (κ1) is 14.9. The molecule has 0 atom stereocenters. The average molecular weight is 324 g/mol. The molecule has 0 radical (unpaired) electrons. The van der Waals surface area contributed by atoms with Crippen LogP contribution in [0.4, 0.5) is 11.8 Å². The molecule has 1 aliphatic carbocycles. The number of nitriles is 1. The van der Waals surface area contributed by atoms with E-state index < -0.39 is 0 Å². The van der Waals surface area contributed by atoms with E-state index in [1.165, 1.54) is 0 Å².